The van der Waals surface area contributed by atoms with Crippen LogP contribution in [0.3, 0.4) is 0 Å². The lowest BCUT2D eigenvalue weighted by atomic mass is 10.2. The van der Waals surface area contributed by atoms with Crippen LogP contribution < -0.4 is 0 Å². The Morgan fingerprint density at radius 2 is 2.35 bits per heavy atom. The number of halogens is 1. The maximum Gasteiger partial charge on any atom is 0.336 e. The Morgan fingerprint density at radius 1 is 1.60 bits per heavy atom. The minimum Gasteiger partial charge on any atom is -0.467 e. The number of rotatable bonds is 4. The SMILES string of the molecule is CCc1nn(C)c(CN2CCOC(C(=O)OC)C2)c1Cl. The van der Waals surface area contributed by atoms with Gasteiger partial charge in [0.2, 0.25) is 0 Å². The third-order valence-corrected chi connectivity index (χ3v) is 3.93. The third kappa shape index (κ3) is 3.13. The molecule has 6 nitrogen and oxygen atoms in total. The van der Waals surface area contributed by atoms with Crippen LogP contribution in [-0.2, 0) is 34.3 Å². The third-order valence-electron chi connectivity index (χ3n) is 3.49. The minimum absolute atomic E-state index is 0.333. The molecule has 0 amide bonds. The standard InChI is InChI=1S/C13H20ClN3O3/c1-4-9-12(14)10(16(2)15-9)7-17-5-6-20-11(8-17)13(18)19-3/h11H,4-8H2,1-3H3. The fourth-order valence-electron chi connectivity index (χ4n) is 2.32. The maximum absolute atomic E-state index is 11.5. The first-order valence-electron chi connectivity index (χ1n) is 6.68. The molecule has 0 aromatic carbocycles. The Labute approximate surface area is 123 Å². The Bertz CT molecular complexity index is 489. The number of nitrogens with zero attached hydrogens (tertiary/aromatic N) is 3. The topological polar surface area (TPSA) is 56.6 Å². The molecule has 1 saturated heterocycles. The summed E-state index contributed by atoms with van der Waals surface area (Å²) >= 11 is 6.34. The summed E-state index contributed by atoms with van der Waals surface area (Å²) < 4.78 is 11.9. The van der Waals surface area contributed by atoms with Crippen molar-refractivity contribution in [2.45, 2.75) is 26.0 Å². The number of hydrogen-bond donors (Lipinski definition) is 0. The molecule has 0 spiro atoms. The van der Waals surface area contributed by atoms with Gasteiger partial charge in [-0.25, -0.2) is 4.79 Å². The van der Waals surface area contributed by atoms with Crippen molar-refractivity contribution in [2.75, 3.05) is 26.8 Å². The quantitative estimate of drug-likeness (QED) is 0.777. The molecule has 7 heteroatoms. The molecule has 1 aromatic heterocycles. The molecule has 0 aliphatic carbocycles. The molecule has 0 radical (unpaired) electrons. The van der Waals surface area contributed by atoms with E-state index in [2.05, 4.69) is 10.00 Å². The van der Waals surface area contributed by atoms with Crippen LogP contribution >= 0.6 is 11.6 Å². The summed E-state index contributed by atoms with van der Waals surface area (Å²) in [6, 6.07) is 0. The van der Waals surface area contributed by atoms with Gasteiger partial charge in [0.05, 0.1) is 30.1 Å². The second kappa shape index (κ2) is 6.56. The first-order chi connectivity index (χ1) is 9.56. The van der Waals surface area contributed by atoms with Gasteiger partial charge < -0.3 is 9.47 Å². The van der Waals surface area contributed by atoms with Gasteiger partial charge >= 0.3 is 5.97 Å². The molecule has 1 aromatic rings. The van der Waals surface area contributed by atoms with Crippen LogP contribution in [0.4, 0.5) is 0 Å². The number of esters is 1. The van der Waals surface area contributed by atoms with Crippen LogP contribution in [0.2, 0.25) is 5.02 Å². The van der Waals surface area contributed by atoms with Crippen LogP contribution in [0, 0.1) is 0 Å². The van der Waals surface area contributed by atoms with Crippen molar-refractivity contribution in [3.63, 3.8) is 0 Å². The molecule has 1 atom stereocenters. The van der Waals surface area contributed by atoms with Gasteiger partial charge in [-0.2, -0.15) is 5.10 Å². The Balaban J connectivity index is 2.06. The number of hydrogen-bond acceptors (Lipinski definition) is 5. The number of morpholine rings is 1. The average molecular weight is 302 g/mol. The predicted molar refractivity (Wildman–Crippen MR) is 74.6 cm³/mol. The highest BCUT2D eigenvalue weighted by Gasteiger charge is 2.28. The summed E-state index contributed by atoms with van der Waals surface area (Å²) in [5.41, 5.74) is 1.87. The van der Waals surface area contributed by atoms with Crippen molar-refractivity contribution in [1.29, 1.82) is 0 Å². The van der Waals surface area contributed by atoms with Crippen molar-refractivity contribution in [2.24, 2.45) is 7.05 Å². The van der Waals surface area contributed by atoms with E-state index in [-0.39, 0.29) is 5.97 Å². The van der Waals surface area contributed by atoms with Crippen LogP contribution in [0.25, 0.3) is 0 Å². The lowest BCUT2D eigenvalue weighted by molar-refractivity contribution is -0.160. The van der Waals surface area contributed by atoms with E-state index < -0.39 is 6.10 Å². The summed E-state index contributed by atoms with van der Waals surface area (Å²) in [4.78, 5) is 13.7. The van der Waals surface area contributed by atoms with Gasteiger partial charge in [0.15, 0.2) is 6.10 Å². The second-order valence-electron chi connectivity index (χ2n) is 4.80. The number of methoxy groups -OCH3 is 1. The molecule has 112 valence electrons. The van der Waals surface area contributed by atoms with E-state index in [4.69, 9.17) is 21.1 Å². The van der Waals surface area contributed by atoms with E-state index in [0.29, 0.717) is 19.7 Å². The van der Waals surface area contributed by atoms with Crippen LogP contribution in [0.5, 0.6) is 0 Å². The Hall–Kier alpha value is -1.11. The molecule has 0 N–H and O–H groups in total. The number of aryl methyl sites for hydroxylation is 2. The molecule has 0 saturated carbocycles. The summed E-state index contributed by atoms with van der Waals surface area (Å²) in [6.07, 6.45) is 0.284. The molecule has 1 aliphatic heterocycles. The lowest BCUT2D eigenvalue weighted by Crippen LogP contribution is -2.46. The van der Waals surface area contributed by atoms with E-state index in [1.165, 1.54) is 7.11 Å². The van der Waals surface area contributed by atoms with Gasteiger partial charge in [-0.15, -0.1) is 0 Å². The lowest BCUT2D eigenvalue weighted by Gasteiger charge is -2.31. The van der Waals surface area contributed by atoms with Gasteiger partial charge in [-0.05, 0) is 6.42 Å². The van der Waals surface area contributed by atoms with E-state index in [9.17, 15) is 4.79 Å². The zero-order valence-corrected chi connectivity index (χ0v) is 12.8. The van der Waals surface area contributed by atoms with Crippen LogP contribution in [0.15, 0.2) is 0 Å². The summed E-state index contributed by atoms with van der Waals surface area (Å²) in [6.45, 7) is 4.46. The van der Waals surface area contributed by atoms with Crippen molar-refractivity contribution in [1.82, 2.24) is 14.7 Å². The molecule has 1 aliphatic rings. The molecular weight excluding hydrogens is 282 g/mol. The highest BCUT2D eigenvalue weighted by atomic mass is 35.5. The highest BCUT2D eigenvalue weighted by Crippen LogP contribution is 2.23. The van der Waals surface area contributed by atoms with Gasteiger partial charge in [-0.3, -0.25) is 9.58 Å². The fourth-order valence-corrected chi connectivity index (χ4v) is 2.68. The molecule has 0 bridgehead atoms. The van der Waals surface area contributed by atoms with Gasteiger partial charge in [-0.1, -0.05) is 18.5 Å². The first-order valence-corrected chi connectivity index (χ1v) is 7.06. The normalized spacial score (nSPS) is 20.1. The van der Waals surface area contributed by atoms with E-state index in [1.807, 2.05) is 18.7 Å². The zero-order chi connectivity index (χ0) is 14.7. The molecule has 1 unspecified atom stereocenters. The van der Waals surface area contributed by atoms with Crippen molar-refractivity contribution in [3.8, 4) is 0 Å². The van der Waals surface area contributed by atoms with Gasteiger partial charge in [0.1, 0.15) is 0 Å². The summed E-state index contributed by atoms with van der Waals surface area (Å²) in [5, 5.41) is 5.12. The summed E-state index contributed by atoms with van der Waals surface area (Å²) in [5.74, 6) is -0.333. The van der Waals surface area contributed by atoms with Crippen molar-refractivity contribution < 1.29 is 14.3 Å². The van der Waals surface area contributed by atoms with Crippen LogP contribution in [0.1, 0.15) is 18.3 Å². The molecule has 2 heterocycles. The monoisotopic (exact) mass is 301 g/mol. The predicted octanol–water partition coefficient (Wildman–Crippen LogP) is 1.01. The molecule has 20 heavy (non-hydrogen) atoms. The van der Waals surface area contributed by atoms with Gasteiger partial charge in [0, 0.05) is 26.7 Å². The number of carbonyl (C=O) groups is 1. The smallest absolute Gasteiger partial charge is 0.336 e. The zero-order valence-electron chi connectivity index (χ0n) is 12.1. The van der Waals surface area contributed by atoms with E-state index in [0.717, 1.165) is 29.4 Å². The second-order valence-corrected chi connectivity index (χ2v) is 5.18. The first kappa shape index (κ1) is 15.3. The average Bonchev–Trinajstić information content (AvgIpc) is 2.74. The molecular formula is C13H20ClN3O3. The number of carbonyl (C=O) groups excluding carboxylic acids is 1. The summed E-state index contributed by atoms with van der Waals surface area (Å²) in [7, 11) is 3.26. The number of ether oxygens (including phenoxy) is 2. The van der Waals surface area contributed by atoms with Crippen LogP contribution in [-0.4, -0.2) is 53.6 Å². The van der Waals surface area contributed by atoms with Crippen molar-refractivity contribution in [3.05, 3.63) is 16.4 Å². The van der Waals surface area contributed by atoms with Crippen molar-refractivity contribution >= 4 is 17.6 Å². The molecule has 1 fully saturated rings. The van der Waals surface area contributed by atoms with E-state index >= 15 is 0 Å². The van der Waals surface area contributed by atoms with E-state index in [1.54, 1.807) is 0 Å². The maximum atomic E-state index is 11.5. The molecule has 2 rings (SSSR count). The minimum atomic E-state index is -0.522. The number of aromatic nitrogens is 2. The Kier molecular flexibility index (Phi) is 5.01. The fraction of sp³-hybridized carbons (Fsp3) is 0.692. The highest BCUT2D eigenvalue weighted by molar-refractivity contribution is 6.31. The van der Waals surface area contributed by atoms with Gasteiger partial charge in [0.25, 0.3) is 0 Å². The Morgan fingerprint density at radius 3 is 2.95 bits per heavy atom. The largest absolute Gasteiger partial charge is 0.467 e.